The molecule has 1 aromatic carbocycles. The highest BCUT2D eigenvalue weighted by molar-refractivity contribution is 7.17. The molecule has 1 aliphatic rings. The van der Waals surface area contributed by atoms with E-state index in [1.807, 2.05) is 0 Å². The van der Waals surface area contributed by atoms with Crippen molar-refractivity contribution in [1.82, 2.24) is 5.32 Å². The second kappa shape index (κ2) is 9.49. The number of hydrogen-bond donors (Lipinski definition) is 3. The summed E-state index contributed by atoms with van der Waals surface area (Å²) in [6.07, 6.45) is -0.414. The zero-order chi connectivity index (χ0) is 25.4. The van der Waals surface area contributed by atoms with Gasteiger partial charge in [-0.2, -0.15) is 0 Å². The van der Waals surface area contributed by atoms with Crippen LogP contribution in [-0.2, 0) is 20.7 Å². The lowest BCUT2D eigenvalue weighted by molar-refractivity contribution is -0.138. The number of ether oxygens (including phenoxy) is 1. The maximum Gasteiger partial charge on any atom is 0.408 e. The Hall–Kier alpha value is -3.34. The number of rotatable bonds is 6. The van der Waals surface area contributed by atoms with E-state index in [1.165, 1.54) is 6.92 Å². The smallest absolute Gasteiger partial charge is 0.408 e. The van der Waals surface area contributed by atoms with E-state index in [0.29, 0.717) is 10.4 Å². The van der Waals surface area contributed by atoms with Crippen LogP contribution in [0.3, 0.4) is 0 Å². The second-order valence-corrected chi connectivity index (χ2v) is 9.91. The lowest BCUT2D eigenvalue weighted by Crippen LogP contribution is -2.44. The molecule has 0 bridgehead atoms. The molecule has 0 spiro atoms. The Morgan fingerprint density at radius 3 is 2.32 bits per heavy atom. The third kappa shape index (κ3) is 5.24. The number of nitrogens with one attached hydrogen (secondary N) is 2. The molecule has 0 saturated heterocycles. The quantitative estimate of drug-likeness (QED) is 0.517. The van der Waals surface area contributed by atoms with Gasteiger partial charge in [-0.15, -0.1) is 11.3 Å². The number of anilines is 1. The number of fused-ring (bicyclic) bond motifs is 1. The van der Waals surface area contributed by atoms with Crippen LogP contribution in [0.2, 0.25) is 0 Å². The molecule has 2 aromatic rings. The molecule has 8 nitrogen and oxygen atoms in total. The standard InChI is InChI=1S/C23H24F2N2O6S/c1-10(26-22(32)33-23(2,3)4)19(29)27-20-15(11-8-9-12(21(30)31)18(11)34-20)17(28)16-13(24)6-5-7-14(16)25/h5-7,10,12H,8-9H2,1-4H3,(H,26,32)(H,27,29)(H,30,31)/t10-,12?/m0/s1. The molecule has 34 heavy (non-hydrogen) atoms. The van der Waals surface area contributed by atoms with Gasteiger partial charge >= 0.3 is 12.1 Å². The number of alkyl carbamates (subject to hydrolysis) is 1. The van der Waals surface area contributed by atoms with Gasteiger partial charge in [-0.1, -0.05) is 6.07 Å². The van der Waals surface area contributed by atoms with Crippen molar-refractivity contribution < 1.29 is 37.8 Å². The molecular formula is C23H24F2N2O6S. The fourth-order valence-electron chi connectivity index (χ4n) is 3.61. The van der Waals surface area contributed by atoms with Gasteiger partial charge in [0.2, 0.25) is 11.7 Å². The number of halogens is 2. The van der Waals surface area contributed by atoms with Crippen molar-refractivity contribution in [3.05, 3.63) is 51.4 Å². The van der Waals surface area contributed by atoms with Crippen LogP contribution in [0.5, 0.6) is 0 Å². The van der Waals surface area contributed by atoms with Crippen molar-refractivity contribution in [1.29, 1.82) is 0 Å². The van der Waals surface area contributed by atoms with Crippen molar-refractivity contribution in [2.45, 2.75) is 58.1 Å². The third-order valence-electron chi connectivity index (χ3n) is 5.12. The molecule has 2 atom stereocenters. The van der Waals surface area contributed by atoms with Gasteiger partial charge in [-0.3, -0.25) is 14.4 Å². The average molecular weight is 495 g/mol. The minimum Gasteiger partial charge on any atom is -0.481 e. The molecule has 3 N–H and O–H groups in total. The van der Waals surface area contributed by atoms with E-state index in [-0.39, 0.29) is 23.4 Å². The number of hydrogen-bond acceptors (Lipinski definition) is 6. The van der Waals surface area contributed by atoms with E-state index >= 15 is 0 Å². The summed E-state index contributed by atoms with van der Waals surface area (Å²) < 4.78 is 33.8. The van der Waals surface area contributed by atoms with Gasteiger partial charge in [0.15, 0.2) is 0 Å². The van der Waals surface area contributed by atoms with Gasteiger partial charge < -0.3 is 20.5 Å². The zero-order valence-corrected chi connectivity index (χ0v) is 19.8. The molecule has 11 heteroatoms. The molecule has 0 aliphatic heterocycles. The molecule has 182 valence electrons. The number of ketones is 1. The van der Waals surface area contributed by atoms with Crippen molar-refractivity contribution in [3.63, 3.8) is 0 Å². The summed E-state index contributed by atoms with van der Waals surface area (Å²) in [4.78, 5) is 50.0. The van der Waals surface area contributed by atoms with E-state index < -0.39 is 58.5 Å². The Morgan fingerprint density at radius 2 is 1.76 bits per heavy atom. The van der Waals surface area contributed by atoms with Crippen LogP contribution < -0.4 is 10.6 Å². The predicted octanol–water partition coefficient (Wildman–Crippen LogP) is 4.22. The number of thiophene rings is 1. The minimum atomic E-state index is -1.10. The third-order valence-corrected chi connectivity index (χ3v) is 6.38. The lowest BCUT2D eigenvalue weighted by atomic mass is 9.99. The van der Waals surface area contributed by atoms with Crippen LogP contribution >= 0.6 is 11.3 Å². The van der Waals surface area contributed by atoms with Crippen molar-refractivity contribution in [2.24, 2.45) is 0 Å². The number of carbonyl (C=O) groups excluding carboxylic acids is 3. The van der Waals surface area contributed by atoms with Gasteiger partial charge in [0.05, 0.1) is 17.0 Å². The Labute approximate surface area is 198 Å². The molecule has 1 aliphatic carbocycles. The summed E-state index contributed by atoms with van der Waals surface area (Å²) in [6.45, 7) is 6.36. The van der Waals surface area contributed by atoms with Gasteiger partial charge in [-0.25, -0.2) is 13.6 Å². The molecule has 1 unspecified atom stereocenters. The first-order chi connectivity index (χ1) is 15.8. The highest BCUT2D eigenvalue weighted by Crippen LogP contribution is 2.46. The predicted molar refractivity (Wildman–Crippen MR) is 120 cm³/mol. The van der Waals surface area contributed by atoms with E-state index in [1.54, 1.807) is 20.8 Å². The summed E-state index contributed by atoms with van der Waals surface area (Å²) in [7, 11) is 0. The van der Waals surface area contributed by atoms with Gasteiger partial charge in [0.25, 0.3) is 0 Å². The van der Waals surface area contributed by atoms with Gasteiger partial charge in [0, 0.05) is 4.88 Å². The largest absolute Gasteiger partial charge is 0.481 e. The highest BCUT2D eigenvalue weighted by Gasteiger charge is 2.38. The first kappa shape index (κ1) is 25.3. The molecule has 1 aromatic heterocycles. The number of amides is 2. The zero-order valence-electron chi connectivity index (χ0n) is 19.0. The summed E-state index contributed by atoms with van der Waals surface area (Å²) in [5, 5.41) is 14.4. The van der Waals surface area contributed by atoms with Crippen LogP contribution in [0, 0.1) is 11.6 Å². The number of aliphatic carboxylic acids is 1. The lowest BCUT2D eigenvalue weighted by Gasteiger charge is -2.21. The van der Waals surface area contributed by atoms with Crippen LogP contribution in [0.4, 0.5) is 18.6 Å². The van der Waals surface area contributed by atoms with E-state index in [2.05, 4.69) is 10.6 Å². The monoisotopic (exact) mass is 494 g/mol. The van der Waals surface area contributed by atoms with Crippen molar-refractivity contribution >= 4 is 40.1 Å². The van der Waals surface area contributed by atoms with Gasteiger partial charge in [0.1, 0.15) is 28.3 Å². The van der Waals surface area contributed by atoms with Crippen molar-refractivity contribution in [3.8, 4) is 0 Å². The maximum absolute atomic E-state index is 14.4. The SMILES string of the molecule is C[C@H](NC(=O)OC(C)(C)C)C(=O)Nc1sc2c(c1C(=O)c1c(F)cccc1F)CCC2C(=O)O. The van der Waals surface area contributed by atoms with Gasteiger partial charge in [-0.05, 0) is 58.2 Å². The number of carboxylic acids is 1. The number of benzene rings is 1. The summed E-state index contributed by atoms with van der Waals surface area (Å²) in [5.74, 6) is -5.87. The molecular weight excluding hydrogens is 470 g/mol. The van der Waals surface area contributed by atoms with E-state index in [4.69, 9.17) is 4.74 Å². The van der Waals surface area contributed by atoms with Crippen molar-refractivity contribution in [2.75, 3.05) is 5.32 Å². The Bertz CT molecular complexity index is 1150. The fraction of sp³-hybridized carbons (Fsp3) is 0.391. The van der Waals surface area contributed by atoms with Crippen LogP contribution in [-0.4, -0.2) is 40.5 Å². The summed E-state index contributed by atoms with van der Waals surface area (Å²) in [5.41, 5.74) is -1.39. The number of carboxylic acid groups (broad SMARTS) is 1. The Kier molecular flexibility index (Phi) is 7.06. The molecule has 2 amide bonds. The minimum absolute atomic E-state index is 0.0357. The average Bonchev–Trinajstić information content (AvgIpc) is 3.24. The first-order valence-corrected chi connectivity index (χ1v) is 11.3. The maximum atomic E-state index is 14.4. The molecule has 0 radical (unpaired) electrons. The first-order valence-electron chi connectivity index (χ1n) is 10.5. The highest BCUT2D eigenvalue weighted by atomic mass is 32.1. The van der Waals surface area contributed by atoms with E-state index in [9.17, 15) is 33.1 Å². The Balaban J connectivity index is 1.95. The summed E-state index contributed by atoms with van der Waals surface area (Å²) >= 11 is 0.872. The normalized spacial score (nSPS) is 15.9. The van der Waals surface area contributed by atoms with Crippen LogP contribution in [0.1, 0.15) is 66.4 Å². The Morgan fingerprint density at radius 1 is 1.15 bits per heavy atom. The molecule has 0 saturated carbocycles. The number of carbonyl (C=O) groups is 4. The second-order valence-electron chi connectivity index (χ2n) is 8.86. The van der Waals surface area contributed by atoms with Crippen LogP contribution in [0.25, 0.3) is 0 Å². The van der Waals surface area contributed by atoms with E-state index in [0.717, 1.165) is 29.5 Å². The molecule has 0 fully saturated rings. The fourth-order valence-corrected chi connectivity index (χ4v) is 4.98. The molecule has 3 rings (SSSR count). The topological polar surface area (TPSA) is 122 Å². The summed E-state index contributed by atoms with van der Waals surface area (Å²) in [6, 6.07) is 1.91. The molecule has 1 heterocycles. The van der Waals surface area contributed by atoms with Crippen LogP contribution in [0.15, 0.2) is 18.2 Å².